The molecule has 0 saturated heterocycles. The number of halogens is 1. The highest BCUT2D eigenvalue weighted by molar-refractivity contribution is 6.63. The summed E-state index contributed by atoms with van der Waals surface area (Å²) in [5.74, 6) is 0. The van der Waals surface area contributed by atoms with Crippen LogP contribution in [0.25, 0.3) is 12.2 Å². The topological polar surface area (TPSA) is 17.1 Å². The van der Waals surface area contributed by atoms with Gasteiger partial charge in [0.2, 0.25) is 5.24 Å². The van der Waals surface area contributed by atoms with E-state index in [1.54, 1.807) is 0 Å². The van der Waals surface area contributed by atoms with Crippen molar-refractivity contribution in [2.75, 3.05) is 0 Å². The van der Waals surface area contributed by atoms with Crippen LogP contribution in [-0.2, 0) is 11.2 Å². The van der Waals surface area contributed by atoms with Crippen LogP contribution in [0.5, 0.6) is 0 Å². The summed E-state index contributed by atoms with van der Waals surface area (Å²) in [7, 11) is 0. The van der Waals surface area contributed by atoms with Crippen molar-refractivity contribution in [3.63, 3.8) is 0 Å². The summed E-state index contributed by atoms with van der Waals surface area (Å²) in [6, 6.07) is 6.02. The SMILES string of the molecule is O=C(Cl)Cc1cccc2c1=CCCC=2. The second kappa shape index (κ2) is 3.97. The van der Waals surface area contributed by atoms with Crippen molar-refractivity contribution >= 4 is 29.0 Å². The van der Waals surface area contributed by atoms with Crippen LogP contribution in [0.3, 0.4) is 0 Å². The second-order valence-corrected chi connectivity index (χ2v) is 3.86. The summed E-state index contributed by atoms with van der Waals surface area (Å²) in [6.45, 7) is 0. The summed E-state index contributed by atoms with van der Waals surface area (Å²) >= 11 is 5.39. The minimum absolute atomic E-state index is 0.294. The van der Waals surface area contributed by atoms with Crippen LogP contribution in [0.1, 0.15) is 18.4 Å². The second-order valence-electron chi connectivity index (χ2n) is 3.44. The molecule has 72 valence electrons. The molecular formula is C12H11ClO. The minimum atomic E-state index is -0.294. The van der Waals surface area contributed by atoms with Crippen molar-refractivity contribution in [2.24, 2.45) is 0 Å². The number of hydrogen-bond acceptors (Lipinski definition) is 1. The van der Waals surface area contributed by atoms with Gasteiger partial charge in [-0.3, -0.25) is 4.79 Å². The van der Waals surface area contributed by atoms with E-state index in [9.17, 15) is 4.79 Å². The standard InChI is InChI=1S/C12H11ClO/c13-12(14)8-10-6-3-5-9-4-1-2-7-11(9)10/h3-7H,1-2,8H2. The number of benzene rings is 1. The Morgan fingerprint density at radius 3 is 2.86 bits per heavy atom. The van der Waals surface area contributed by atoms with Gasteiger partial charge < -0.3 is 0 Å². The lowest BCUT2D eigenvalue weighted by Gasteiger charge is -2.04. The molecule has 0 unspecified atom stereocenters. The fourth-order valence-electron chi connectivity index (χ4n) is 1.83. The lowest BCUT2D eigenvalue weighted by molar-refractivity contribution is -0.111. The Kier molecular flexibility index (Phi) is 2.69. The minimum Gasteiger partial charge on any atom is -0.281 e. The molecule has 0 heterocycles. The monoisotopic (exact) mass is 206 g/mol. The van der Waals surface area contributed by atoms with Crippen molar-refractivity contribution in [2.45, 2.75) is 19.3 Å². The Morgan fingerprint density at radius 2 is 2.07 bits per heavy atom. The van der Waals surface area contributed by atoms with Gasteiger partial charge in [-0.05, 0) is 40.4 Å². The first-order chi connectivity index (χ1) is 6.77. The lowest BCUT2D eigenvalue weighted by atomic mass is 10.0. The molecule has 1 aliphatic rings. The molecule has 0 N–H and O–H groups in total. The Hall–Kier alpha value is -1.08. The van der Waals surface area contributed by atoms with E-state index in [0.29, 0.717) is 6.42 Å². The maximum absolute atomic E-state index is 10.8. The fraction of sp³-hybridized carbons (Fsp3) is 0.250. The Bertz CT molecular complexity index is 474. The van der Waals surface area contributed by atoms with Crippen molar-refractivity contribution in [3.8, 4) is 0 Å². The fourth-order valence-corrected chi connectivity index (χ4v) is 1.97. The third kappa shape index (κ3) is 1.88. The first-order valence-electron chi connectivity index (χ1n) is 4.74. The Labute approximate surface area is 87.7 Å². The first-order valence-corrected chi connectivity index (χ1v) is 5.12. The molecule has 1 aliphatic carbocycles. The Balaban J connectivity index is 2.58. The van der Waals surface area contributed by atoms with Gasteiger partial charge in [-0.2, -0.15) is 0 Å². The molecule has 0 radical (unpaired) electrons. The number of rotatable bonds is 2. The predicted molar refractivity (Wildman–Crippen MR) is 58.4 cm³/mol. The van der Waals surface area contributed by atoms with Crippen LogP contribution in [0.4, 0.5) is 0 Å². The van der Waals surface area contributed by atoms with E-state index in [4.69, 9.17) is 11.6 Å². The van der Waals surface area contributed by atoms with Crippen LogP contribution >= 0.6 is 11.6 Å². The molecule has 0 amide bonds. The Morgan fingerprint density at radius 1 is 1.29 bits per heavy atom. The maximum Gasteiger partial charge on any atom is 0.226 e. The van der Waals surface area contributed by atoms with E-state index >= 15 is 0 Å². The number of carbonyl (C=O) groups is 1. The zero-order chi connectivity index (χ0) is 9.97. The van der Waals surface area contributed by atoms with Crippen LogP contribution in [0.2, 0.25) is 0 Å². The third-order valence-corrected chi connectivity index (χ3v) is 2.57. The molecule has 0 bridgehead atoms. The first kappa shape index (κ1) is 9.47. The van der Waals surface area contributed by atoms with E-state index < -0.39 is 0 Å². The molecule has 14 heavy (non-hydrogen) atoms. The van der Waals surface area contributed by atoms with Gasteiger partial charge in [0.15, 0.2) is 0 Å². The third-order valence-electron chi connectivity index (χ3n) is 2.44. The summed E-state index contributed by atoms with van der Waals surface area (Å²) in [5.41, 5.74) is 1.04. The van der Waals surface area contributed by atoms with E-state index in [0.717, 1.165) is 18.4 Å². The lowest BCUT2D eigenvalue weighted by Crippen LogP contribution is -2.30. The van der Waals surface area contributed by atoms with Crippen LogP contribution in [-0.4, -0.2) is 5.24 Å². The molecule has 2 rings (SSSR count). The van der Waals surface area contributed by atoms with Gasteiger partial charge in [-0.15, -0.1) is 0 Å². The number of hydrogen-bond donors (Lipinski definition) is 0. The van der Waals surface area contributed by atoms with Crippen molar-refractivity contribution in [1.82, 2.24) is 0 Å². The van der Waals surface area contributed by atoms with E-state index in [-0.39, 0.29) is 5.24 Å². The zero-order valence-corrected chi connectivity index (χ0v) is 8.55. The molecule has 0 atom stereocenters. The van der Waals surface area contributed by atoms with Crippen LogP contribution in [0.15, 0.2) is 18.2 Å². The summed E-state index contributed by atoms with van der Waals surface area (Å²) < 4.78 is 0. The van der Waals surface area contributed by atoms with E-state index in [1.165, 1.54) is 10.4 Å². The molecule has 0 saturated carbocycles. The van der Waals surface area contributed by atoms with Gasteiger partial charge in [-0.25, -0.2) is 0 Å². The van der Waals surface area contributed by atoms with Crippen molar-refractivity contribution in [1.29, 1.82) is 0 Å². The molecule has 1 aromatic carbocycles. The quantitative estimate of drug-likeness (QED) is 0.668. The average Bonchev–Trinajstić information content (AvgIpc) is 2.18. The molecule has 0 aromatic heterocycles. The van der Waals surface area contributed by atoms with Gasteiger partial charge in [0, 0.05) is 6.42 Å². The molecule has 2 heteroatoms. The number of carbonyl (C=O) groups excluding carboxylic acids is 1. The van der Waals surface area contributed by atoms with Gasteiger partial charge in [0.05, 0.1) is 0 Å². The highest BCUT2D eigenvalue weighted by Gasteiger charge is 2.03. The smallest absolute Gasteiger partial charge is 0.226 e. The summed E-state index contributed by atoms with van der Waals surface area (Å²) in [6.07, 6.45) is 6.86. The van der Waals surface area contributed by atoms with Gasteiger partial charge in [0.1, 0.15) is 0 Å². The van der Waals surface area contributed by atoms with Gasteiger partial charge in [-0.1, -0.05) is 30.4 Å². The average molecular weight is 207 g/mol. The van der Waals surface area contributed by atoms with Crippen molar-refractivity contribution < 1.29 is 4.79 Å². The largest absolute Gasteiger partial charge is 0.281 e. The molecule has 0 fully saturated rings. The number of fused-ring (bicyclic) bond motifs is 1. The van der Waals surface area contributed by atoms with E-state index in [1.807, 2.05) is 12.1 Å². The van der Waals surface area contributed by atoms with Crippen LogP contribution in [0, 0.1) is 0 Å². The predicted octanol–water partition coefficient (Wildman–Crippen LogP) is 1.35. The molecule has 0 spiro atoms. The van der Waals surface area contributed by atoms with Gasteiger partial charge in [0.25, 0.3) is 0 Å². The highest BCUT2D eigenvalue weighted by atomic mass is 35.5. The normalized spacial score (nSPS) is 13.8. The van der Waals surface area contributed by atoms with Gasteiger partial charge >= 0.3 is 0 Å². The van der Waals surface area contributed by atoms with Crippen LogP contribution < -0.4 is 10.4 Å². The molecular weight excluding hydrogens is 196 g/mol. The molecule has 1 aromatic rings. The summed E-state index contributed by atoms with van der Waals surface area (Å²) in [5, 5.41) is 2.12. The maximum atomic E-state index is 10.8. The van der Waals surface area contributed by atoms with Crippen molar-refractivity contribution in [3.05, 3.63) is 34.2 Å². The summed E-state index contributed by atoms with van der Waals surface area (Å²) in [4.78, 5) is 10.8. The van der Waals surface area contributed by atoms with E-state index in [2.05, 4.69) is 18.2 Å². The molecule has 1 nitrogen and oxygen atoms in total. The zero-order valence-electron chi connectivity index (χ0n) is 7.79. The highest BCUT2D eigenvalue weighted by Crippen LogP contribution is 2.00. The molecule has 0 aliphatic heterocycles.